The number of hydrogen-bond acceptors (Lipinski definition) is 3. The minimum atomic E-state index is -0.222. The van der Waals surface area contributed by atoms with E-state index in [1.165, 1.54) is 6.07 Å². The second-order valence-corrected chi connectivity index (χ2v) is 5.35. The molecule has 0 radical (unpaired) electrons. The van der Waals surface area contributed by atoms with E-state index in [-0.39, 0.29) is 17.2 Å². The van der Waals surface area contributed by atoms with Gasteiger partial charge in [-0.3, -0.25) is 4.79 Å². The summed E-state index contributed by atoms with van der Waals surface area (Å²) in [5.41, 5.74) is 2.02. The highest BCUT2D eigenvalue weighted by Gasteiger charge is 2.24. The summed E-state index contributed by atoms with van der Waals surface area (Å²) in [4.78, 5) is 14.4. The molecule has 1 aliphatic heterocycles. The van der Waals surface area contributed by atoms with Gasteiger partial charge in [0.1, 0.15) is 5.75 Å². The van der Waals surface area contributed by atoms with Crippen LogP contribution in [0.2, 0.25) is 5.02 Å². The monoisotopic (exact) mass is 302 g/mol. The van der Waals surface area contributed by atoms with Crippen molar-refractivity contribution in [3.63, 3.8) is 0 Å². The lowest BCUT2D eigenvalue weighted by molar-refractivity contribution is 0.0984. The van der Waals surface area contributed by atoms with Crippen molar-refractivity contribution in [2.75, 3.05) is 23.3 Å². The highest BCUT2D eigenvalue weighted by Crippen LogP contribution is 2.31. The molecule has 2 aromatic carbocycles. The molecule has 0 unspecified atom stereocenters. The van der Waals surface area contributed by atoms with E-state index in [0.29, 0.717) is 11.6 Å². The molecule has 0 aliphatic carbocycles. The Morgan fingerprint density at radius 3 is 2.86 bits per heavy atom. The summed E-state index contributed by atoms with van der Waals surface area (Å²) < 4.78 is 0. The van der Waals surface area contributed by atoms with Crippen molar-refractivity contribution >= 4 is 28.9 Å². The Morgan fingerprint density at radius 1 is 1.24 bits per heavy atom. The number of carbonyl (C=O) groups excluding carboxylic acids is 1. The van der Waals surface area contributed by atoms with Crippen molar-refractivity contribution < 1.29 is 9.90 Å². The van der Waals surface area contributed by atoms with Crippen LogP contribution in [0.4, 0.5) is 11.4 Å². The zero-order valence-electron chi connectivity index (χ0n) is 11.3. The molecule has 0 saturated carbocycles. The fourth-order valence-electron chi connectivity index (χ4n) is 2.48. The number of benzene rings is 2. The van der Waals surface area contributed by atoms with E-state index in [1.54, 1.807) is 17.0 Å². The number of nitrogens with zero attached hydrogens (tertiary/aromatic N) is 1. The maximum atomic E-state index is 12.7. The summed E-state index contributed by atoms with van der Waals surface area (Å²) in [6.07, 6.45) is 0.842. The number of aromatic hydroxyl groups is 1. The highest BCUT2D eigenvalue weighted by molar-refractivity contribution is 6.31. The predicted octanol–water partition coefficient (Wildman–Crippen LogP) is 3.51. The zero-order valence-corrected chi connectivity index (χ0v) is 12.1. The molecule has 21 heavy (non-hydrogen) atoms. The smallest absolute Gasteiger partial charge is 0.262 e. The van der Waals surface area contributed by atoms with Crippen LogP contribution in [0.25, 0.3) is 0 Å². The Hall–Kier alpha value is -2.20. The molecule has 4 nitrogen and oxygen atoms in total. The van der Waals surface area contributed by atoms with E-state index >= 15 is 0 Å². The van der Waals surface area contributed by atoms with Gasteiger partial charge >= 0.3 is 0 Å². The third-order valence-electron chi connectivity index (χ3n) is 3.50. The second kappa shape index (κ2) is 5.66. The number of para-hydroxylation sites is 2. The molecule has 0 bridgehead atoms. The lowest BCUT2D eigenvalue weighted by atomic mass is 10.1. The minimum absolute atomic E-state index is 0.0952. The number of fused-ring (bicyclic) bond motifs is 1. The average molecular weight is 303 g/mol. The molecule has 0 aromatic heterocycles. The van der Waals surface area contributed by atoms with Crippen LogP contribution in [0.5, 0.6) is 5.75 Å². The van der Waals surface area contributed by atoms with E-state index in [2.05, 4.69) is 5.32 Å². The van der Waals surface area contributed by atoms with Crippen LogP contribution >= 0.6 is 11.6 Å². The van der Waals surface area contributed by atoms with Crippen LogP contribution in [-0.4, -0.2) is 24.1 Å². The van der Waals surface area contributed by atoms with Gasteiger partial charge in [-0.2, -0.15) is 0 Å². The number of phenols is 1. The minimum Gasteiger partial charge on any atom is -0.507 e. The van der Waals surface area contributed by atoms with Gasteiger partial charge in [0.05, 0.1) is 16.9 Å². The van der Waals surface area contributed by atoms with Crippen molar-refractivity contribution in [2.24, 2.45) is 0 Å². The van der Waals surface area contributed by atoms with Crippen molar-refractivity contribution in [1.82, 2.24) is 0 Å². The van der Waals surface area contributed by atoms with Gasteiger partial charge in [-0.1, -0.05) is 23.7 Å². The molecule has 1 amide bonds. The Balaban J connectivity index is 2.01. The normalized spacial score (nSPS) is 14.0. The first-order chi connectivity index (χ1) is 10.2. The molecule has 0 saturated heterocycles. The molecule has 2 aromatic rings. The summed E-state index contributed by atoms with van der Waals surface area (Å²) >= 11 is 5.82. The maximum absolute atomic E-state index is 12.7. The molecule has 5 heteroatoms. The molecular weight excluding hydrogens is 288 g/mol. The van der Waals surface area contributed by atoms with Crippen LogP contribution in [0.15, 0.2) is 42.5 Å². The van der Waals surface area contributed by atoms with Crippen LogP contribution in [-0.2, 0) is 0 Å². The number of halogens is 1. The fraction of sp³-hybridized carbons (Fsp3) is 0.188. The van der Waals surface area contributed by atoms with Gasteiger partial charge in [0.25, 0.3) is 5.91 Å². The van der Waals surface area contributed by atoms with Crippen LogP contribution in [0.3, 0.4) is 0 Å². The van der Waals surface area contributed by atoms with Crippen molar-refractivity contribution in [1.29, 1.82) is 0 Å². The molecule has 3 rings (SSSR count). The zero-order chi connectivity index (χ0) is 14.8. The van der Waals surface area contributed by atoms with E-state index in [0.717, 1.165) is 24.3 Å². The third kappa shape index (κ3) is 2.67. The Bertz CT molecular complexity index is 688. The van der Waals surface area contributed by atoms with E-state index in [1.807, 2.05) is 24.3 Å². The summed E-state index contributed by atoms with van der Waals surface area (Å²) in [7, 11) is 0. The average Bonchev–Trinajstić information content (AvgIpc) is 2.69. The van der Waals surface area contributed by atoms with Gasteiger partial charge in [0.15, 0.2) is 0 Å². The molecule has 1 heterocycles. The SMILES string of the molecule is O=C(c1ccc(Cl)cc1O)N1CCCNc2ccccc21. The quantitative estimate of drug-likeness (QED) is 0.847. The van der Waals surface area contributed by atoms with Crippen LogP contribution in [0, 0.1) is 0 Å². The third-order valence-corrected chi connectivity index (χ3v) is 3.74. The number of amides is 1. The second-order valence-electron chi connectivity index (χ2n) is 4.92. The van der Waals surface area contributed by atoms with Gasteiger partial charge < -0.3 is 15.3 Å². The number of anilines is 2. The molecule has 108 valence electrons. The van der Waals surface area contributed by atoms with Gasteiger partial charge in [-0.25, -0.2) is 0 Å². The standard InChI is InChI=1S/C16H15ClN2O2/c17-11-6-7-12(15(20)10-11)16(21)19-9-3-8-18-13-4-1-2-5-14(13)19/h1-2,4-7,10,18,20H,3,8-9H2. The molecule has 0 atom stereocenters. The molecular formula is C16H15ClN2O2. The van der Waals surface area contributed by atoms with Crippen molar-refractivity contribution in [3.8, 4) is 5.75 Å². The van der Waals surface area contributed by atoms with E-state index < -0.39 is 0 Å². The first-order valence-corrected chi connectivity index (χ1v) is 7.18. The fourth-order valence-corrected chi connectivity index (χ4v) is 2.65. The van der Waals surface area contributed by atoms with Gasteiger partial charge in [0.2, 0.25) is 0 Å². The molecule has 0 spiro atoms. The summed E-state index contributed by atoms with van der Waals surface area (Å²) in [6.45, 7) is 1.41. The van der Waals surface area contributed by atoms with Crippen LogP contribution in [0.1, 0.15) is 16.8 Å². The number of phenolic OH excluding ortho intramolecular Hbond substituents is 1. The molecule has 1 aliphatic rings. The van der Waals surface area contributed by atoms with Crippen molar-refractivity contribution in [3.05, 3.63) is 53.1 Å². The van der Waals surface area contributed by atoms with E-state index in [4.69, 9.17) is 11.6 Å². The van der Waals surface area contributed by atoms with Gasteiger partial charge in [0, 0.05) is 18.1 Å². The van der Waals surface area contributed by atoms with Gasteiger partial charge in [-0.15, -0.1) is 0 Å². The number of rotatable bonds is 1. The predicted molar refractivity (Wildman–Crippen MR) is 84.3 cm³/mol. The Morgan fingerprint density at radius 2 is 2.05 bits per heavy atom. The largest absolute Gasteiger partial charge is 0.507 e. The number of hydrogen-bond donors (Lipinski definition) is 2. The Labute approximate surface area is 128 Å². The lowest BCUT2D eigenvalue weighted by Crippen LogP contribution is -2.31. The summed E-state index contributed by atoms with van der Waals surface area (Å²) in [5.74, 6) is -0.317. The van der Waals surface area contributed by atoms with Crippen LogP contribution < -0.4 is 10.2 Å². The van der Waals surface area contributed by atoms with Gasteiger partial charge in [-0.05, 0) is 36.8 Å². The maximum Gasteiger partial charge on any atom is 0.262 e. The first-order valence-electron chi connectivity index (χ1n) is 6.80. The van der Waals surface area contributed by atoms with Crippen molar-refractivity contribution in [2.45, 2.75) is 6.42 Å². The highest BCUT2D eigenvalue weighted by atomic mass is 35.5. The first kappa shape index (κ1) is 13.8. The number of carbonyl (C=O) groups is 1. The summed E-state index contributed by atoms with van der Waals surface area (Å²) in [5, 5.41) is 13.7. The molecule has 2 N–H and O–H groups in total. The molecule has 0 fully saturated rings. The lowest BCUT2D eigenvalue weighted by Gasteiger charge is -2.22. The Kier molecular flexibility index (Phi) is 3.71. The summed E-state index contributed by atoms with van der Waals surface area (Å²) in [6, 6.07) is 12.2. The number of nitrogens with one attached hydrogen (secondary N) is 1. The van der Waals surface area contributed by atoms with E-state index in [9.17, 15) is 9.90 Å². The topological polar surface area (TPSA) is 52.6 Å².